The molecule has 1 N–H and O–H groups in total. The van der Waals surface area contributed by atoms with Crippen LogP contribution in [0.4, 0.5) is 0 Å². The highest BCUT2D eigenvalue weighted by Gasteiger charge is 2.44. The minimum atomic E-state index is -0.168. The van der Waals surface area contributed by atoms with E-state index < -0.39 is 0 Å². The van der Waals surface area contributed by atoms with Crippen molar-refractivity contribution in [3.8, 4) is 0 Å². The second-order valence-electron chi connectivity index (χ2n) is 49.3. The van der Waals surface area contributed by atoms with Gasteiger partial charge < -0.3 is 18.8 Å². The maximum absolute atomic E-state index is 10.5. The Morgan fingerprint density at radius 3 is 0.925 bits per heavy atom. The number of rotatable bonds is 1. The number of nitrogens with zero attached hydrogens (tertiary/aromatic N) is 10. The molecule has 5 aromatic rings. The first-order valence-electron chi connectivity index (χ1n) is 40.1. The third-order valence-corrected chi connectivity index (χ3v) is 19.9. The molecular formula is C94H177N10O2S+. The lowest BCUT2D eigenvalue weighted by Gasteiger charge is -2.28. The molecule has 5 aromatic heterocycles. The number of allylic oxidation sites excluding steroid dienone is 1. The molecule has 1 aliphatic rings. The number of imidazole rings is 3. The Kier molecular flexibility index (Phi) is 31.6. The highest BCUT2D eigenvalue weighted by Crippen LogP contribution is 2.46. The van der Waals surface area contributed by atoms with E-state index in [0.29, 0.717) is 0 Å². The topological polar surface area (TPSA) is 128 Å². The minimum Gasteiger partial charge on any atom is -0.444 e. The molecular weight excluding hydrogens is 1330 g/mol. The average molecular weight is 1510 g/mol. The van der Waals surface area contributed by atoms with E-state index in [1.165, 1.54) is 66.0 Å². The standard InChI is InChI=1S/C17H32N2.C16H30N2.C15H28N2O.C15H29N2.C15H27NO.C15H27NS.CH4/c1-11-19-13(16(5,6)7)12(15(2,3)4)18-14(19)17(8,9)10;1-14(2,3)11-12(15(4,5)6)18(10)13(17-11)16(7,8)9;1-13(2,3)10-11(14(4,5)6)17(18)12(16-10)15(7,8)9;1-13(2,3)11-10-17(15(7,8)9)16-12(11)14(4,5)6;2*1-13(2,3)10-11(14(4,5)6)17-12(16-10)15(7,8)9;/h11H2,1-10H3;1-10H3;18H,1-9H3;10H2,1-9H3;2*1-9H3;1H4/q;;;+1;;;. The Labute approximate surface area is 667 Å². The molecule has 0 unspecified atom stereocenters. The van der Waals surface area contributed by atoms with Gasteiger partial charge in [-0.15, -0.1) is 16.0 Å². The SMILES string of the molecule is C.CC(C)(C)C1=C(C(C)(C)C)N=[N+](C(C)(C)C)C1.CC(C)(C)c1nc(C(C)(C)C)c(C(C)(C)C)o1.CC(C)(C)c1nc(C(C)(C)C)c(C(C)(C)C)s1.CC(C)(C)c1nc(C(C)(C)C)n(O)c1C(C)(C)C.CCn1c(C(C)(C)C)nc(C(C)(C)C)c1C(C)(C)C.Cn1c(C(C)(C)C)nc(C(C)(C)C)c1C(C)(C)C. The molecule has 620 valence electrons. The van der Waals surface area contributed by atoms with Gasteiger partial charge in [-0.2, -0.15) is 4.73 Å². The van der Waals surface area contributed by atoms with E-state index in [1.54, 1.807) is 0 Å². The lowest BCUT2D eigenvalue weighted by atomic mass is 9.79. The molecule has 0 aliphatic carbocycles. The van der Waals surface area contributed by atoms with Gasteiger partial charge in [-0.3, -0.25) is 0 Å². The zero-order chi connectivity index (χ0) is 85.2. The fourth-order valence-corrected chi connectivity index (χ4v) is 14.0. The maximum atomic E-state index is 10.5. The fraction of sp³-hybridized carbons (Fsp3) is 0.819. The predicted molar refractivity (Wildman–Crippen MR) is 470 cm³/mol. The Balaban J connectivity index is 0.00000126. The smallest absolute Gasteiger partial charge is 0.200 e. The number of azo groups is 2. The van der Waals surface area contributed by atoms with Gasteiger partial charge in [0.25, 0.3) is 0 Å². The van der Waals surface area contributed by atoms with Crippen LogP contribution < -0.4 is 0 Å². The van der Waals surface area contributed by atoms with Crippen molar-refractivity contribution < 1.29 is 14.3 Å². The van der Waals surface area contributed by atoms with E-state index in [4.69, 9.17) is 34.5 Å². The Morgan fingerprint density at radius 1 is 0.346 bits per heavy atom. The van der Waals surface area contributed by atoms with E-state index in [0.717, 1.165) is 47.6 Å². The normalized spacial score (nSPS) is 14.7. The zero-order valence-electron chi connectivity index (χ0n) is 80.7. The van der Waals surface area contributed by atoms with E-state index >= 15 is 0 Å². The number of hydrogen-bond donors (Lipinski definition) is 1. The van der Waals surface area contributed by atoms with E-state index in [9.17, 15) is 5.21 Å². The molecule has 0 atom stereocenters. The molecule has 13 heteroatoms. The first kappa shape index (κ1) is 103. The first-order chi connectivity index (χ1) is 45.8. The van der Waals surface area contributed by atoms with Crippen LogP contribution >= 0.6 is 11.3 Å². The van der Waals surface area contributed by atoms with Crippen molar-refractivity contribution in [2.24, 2.45) is 23.0 Å². The van der Waals surface area contributed by atoms with Crippen LogP contribution in [0.3, 0.4) is 0 Å². The van der Waals surface area contributed by atoms with Crippen LogP contribution in [0.25, 0.3) is 0 Å². The minimum absolute atomic E-state index is 0. The molecule has 0 fully saturated rings. The predicted octanol–water partition coefficient (Wildman–Crippen LogP) is 28.0. The van der Waals surface area contributed by atoms with Crippen LogP contribution in [0.2, 0.25) is 0 Å². The van der Waals surface area contributed by atoms with Crippen LogP contribution in [0.15, 0.2) is 20.8 Å². The largest absolute Gasteiger partial charge is 0.444 e. The molecule has 0 spiro atoms. The lowest BCUT2D eigenvalue weighted by molar-refractivity contribution is -0.643. The Hall–Kier alpha value is -4.39. The van der Waals surface area contributed by atoms with Gasteiger partial charge in [0.15, 0.2) is 18.0 Å². The molecule has 0 saturated carbocycles. The molecule has 0 saturated heterocycles. The van der Waals surface area contributed by atoms with E-state index in [2.05, 4.69) is 402 Å². The van der Waals surface area contributed by atoms with Crippen molar-refractivity contribution in [3.63, 3.8) is 0 Å². The maximum Gasteiger partial charge on any atom is 0.200 e. The number of thiazole rings is 1. The van der Waals surface area contributed by atoms with Gasteiger partial charge in [-0.05, 0) is 22.9 Å². The monoisotopic (exact) mass is 1510 g/mol. The van der Waals surface area contributed by atoms with Gasteiger partial charge >= 0.3 is 0 Å². The summed E-state index contributed by atoms with van der Waals surface area (Å²) < 4.78 is 14.3. The van der Waals surface area contributed by atoms with Gasteiger partial charge in [0.1, 0.15) is 28.9 Å². The third kappa shape index (κ3) is 28.0. The molecule has 6 heterocycles. The van der Waals surface area contributed by atoms with Crippen LogP contribution in [0, 0.1) is 10.8 Å². The second-order valence-corrected chi connectivity index (χ2v) is 50.3. The summed E-state index contributed by atoms with van der Waals surface area (Å²) in [7, 11) is 2.16. The van der Waals surface area contributed by atoms with E-state index in [1.807, 2.05) is 11.3 Å². The summed E-state index contributed by atoms with van der Waals surface area (Å²) in [6.07, 6.45) is 0. The van der Waals surface area contributed by atoms with Gasteiger partial charge in [0.05, 0.1) is 39.2 Å². The average Bonchev–Trinajstić information content (AvgIpc) is 1.62. The summed E-state index contributed by atoms with van der Waals surface area (Å²) in [6.45, 7) is 124. The molecule has 107 heavy (non-hydrogen) atoms. The molecule has 0 aromatic carbocycles. The summed E-state index contributed by atoms with van der Waals surface area (Å²) >= 11 is 1.89. The van der Waals surface area contributed by atoms with Gasteiger partial charge in [0.2, 0.25) is 0 Å². The zero-order valence-corrected chi connectivity index (χ0v) is 81.5. The van der Waals surface area contributed by atoms with Crippen LogP contribution in [0.1, 0.15) is 473 Å². The number of hydrogen-bond acceptors (Lipinski definition) is 9. The summed E-state index contributed by atoms with van der Waals surface area (Å²) in [6, 6.07) is 0. The molecule has 0 bridgehead atoms. The summed E-state index contributed by atoms with van der Waals surface area (Å²) in [5, 5.41) is 16.6. The second kappa shape index (κ2) is 33.0. The van der Waals surface area contributed by atoms with Crippen molar-refractivity contribution in [1.29, 1.82) is 0 Å². The fourth-order valence-electron chi connectivity index (χ4n) is 12.6. The van der Waals surface area contributed by atoms with Gasteiger partial charge in [0, 0.05) is 137 Å². The molecule has 0 amide bonds. The van der Waals surface area contributed by atoms with Crippen molar-refractivity contribution in [3.05, 3.63) is 95.8 Å². The van der Waals surface area contributed by atoms with Crippen LogP contribution in [-0.4, -0.2) is 60.8 Å². The first-order valence-corrected chi connectivity index (χ1v) is 40.9. The summed E-state index contributed by atoms with van der Waals surface area (Å²) in [4.78, 5) is 25.9. The quantitative estimate of drug-likeness (QED) is 0.131. The van der Waals surface area contributed by atoms with Crippen molar-refractivity contribution >= 4 is 11.3 Å². The Morgan fingerprint density at radius 2 is 0.692 bits per heavy atom. The Bertz CT molecular complexity index is 3530. The molecule has 6 rings (SSSR count). The number of aromatic nitrogens is 8. The van der Waals surface area contributed by atoms with E-state index in [-0.39, 0.29) is 105 Å². The highest BCUT2D eigenvalue weighted by molar-refractivity contribution is 7.12. The molecule has 1 aliphatic heterocycles. The highest BCUT2D eigenvalue weighted by atomic mass is 32.1. The number of oxazole rings is 1. The van der Waals surface area contributed by atoms with Gasteiger partial charge in [-0.1, -0.05) is 361 Å². The van der Waals surface area contributed by atoms with Crippen molar-refractivity contribution in [1.82, 2.24) is 38.8 Å². The lowest BCUT2D eigenvalue weighted by Crippen LogP contribution is -2.32. The van der Waals surface area contributed by atoms with Crippen molar-refractivity contribution in [2.45, 2.75) is 482 Å². The van der Waals surface area contributed by atoms with Crippen LogP contribution in [-0.2, 0) is 94.8 Å². The molecule has 0 radical (unpaired) electrons. The third-order valence-electron chi connectivity index (χ3n) is 18.0. The molecule has 12 nitrogen and oxygen atoms in total. The summed E-state index contributed by atoms with van der Waals surface area (Å²) in [5.41, 5.74) is 13.4. The van der Waals surface area contributed by atoms with Crippen LogP contribution in [0.5, 0.6) is 0 Å². The summed E-state index contributed by atoms with van der Waals surface area (Å²) in [5.74, 6) is 4.99. The van der Waals surface area contributed by atoms with Crippen molar-refractivity contribution in [2.75, 3.05) is 6.54 Å². The van der Waals surface area contributed by atoms with Gasteiger partial charge in [-0.25, -0.2) is 24.9 Å².